The molecule has 0 radical (unpaired) electrons. The molecule has 8 nitrogen and oxygen atoms in total. The van der Waals surface area contributed by atoms with E-state index in [0.717, 1.165) is 23.7 Å². The molecule has 1 fully saturated rings. The third-order valence-corrected chi connectivity index (χ3v) is 6.46. The van der Waals surface area contributed by atoms with E-state index in [-0.39, 0.29) is 18.4 Å². The monoisotopic (exact) mass is 466 g/mol. The molecule has 2 heterocycles. The van der Waals surface area contributed by atoms with Crippen molar-refractivity contribution in [2.24, 2.45) is 5.92 Å². The van der Waals surface area contributed by atoms with Gasteiger partial charge in [0.05, 0.1) is 18.7 Å². The van der Waals surface area contributed by atoms with E-state index in [4.69, 9.17) is 4.74 Å². The lowest BCUT2D eigenvalue weighted by molar-refractivity contribution is -0.138. The van der Waals surface area contributed by atoms with Gasteiger partial charge in [-0.25, -0.2) is 4.98 Å². The minimum Gasteiger partial charge on any atom is -0.486 e. The quantitative estimate of drug-likeness (QED) is 0.442. The van der Waals surface area contributed by atoms with Gasteiger partial charge in [-0.15, -0.1) is 0 Å². The van der Waals surface area contributed by atoms with Crippen LogP contribution in [-0.2, 0) is 9.59 Å². The van der Waals surface area contributed by atoms with Crippen molar-refractivity contribution in [3.8, 4) is 5.75 Å². The van der Waals surface area contributed by atoms with Crippen LogP contribution < -0.4 is 20.3 Å². The van der Waals surface area contributed by atoms with Crippen LogP contribution in [0, 0.1) is 5.92 Å². The number of carboxylic acid groups (broad SMARTS) is 1. The van der Waals surface area contributed by atoms with E-state index in [9.17, 15) is 14.7 Å². The molecule has 0 saturated heterocycles. The molecule has 1 unspecified atom stereocenters. The molecule has 1 saturated carbocycles. The summed E-state index contributed by atoms with van der Waals surface area (Å²) < 4.78 is 5.99. The Hall–Kier alpha value is -3.29. The maximum Gasteiger partial charge on any atom is 0.307 e. The van der Waals surface area contributed by atoms with E-state index in [1.54, 1.807) is 6.20 Å². The molecule has 1 atom stereocenters. The molecule has 1 amide bonds. The molecule has 1 aromatic heterocycles. The van der Waals surface area contributed by atoms with Gasteiger partial charge in [-0.1, -0.05) is 25.3 Å². The van der Waals surface area contributed by atoms with Crippen LogP contribution in [-0.4, -0.2) is 47.7 Å². The van der Waals surface area contributed by atoms with Crippen molar-refractivity contribution < 1.29 is 19.4 Å². The first-order valence-corrected chi connectivity index (χ1v) is 12.3. The average molecular weight is 467 g/mol. The largest absolute Gasteiger partial charge is 0.486 e. The van der Waals surface area contributed by atoms with Crippen LogP contribution in [0.2, 0.25) is 0 Å². The first-order chi connectivity index (χ1) is 16.6. The van der Waals surface area contributed by atoms with Gasteiger partial charge in [-0.3, -0.25) is 9.59 Å². The molecule has 4 rings (SSSR count). The molecular formula is C26H34N4O4. The Morgan fingerprint density at radius 2 is 2.00 bits per heavy atom. The van der Waals surface area contributed by atoms with Gasteiger partial charge in [0.2, 0.25) is 5.91 Å². The minimum atomic E-state index is -0.854. The zero-order valence-electron chi connectivity index (χ0n) is 19.5. The second kappa shape index (κ2) is 11.7. The van der Waals surface area contributed by atoms with Gasteiger partial charge in [0.1, 0.15) is 17.7 Å². The highest BCUT2D eigenvalue weighted by Crippen LogP contribution is 2.38. The van der Waals surface area contributed by atoms with E-state index < -0.39 is 5.97 Å². The molecule has 8 heteroatoms. The summed E-state index contributed by atoms with van der Waals surface area (Å²) in [7, 11) is 0. The van der Waals surface area contributed by atoms with Gasteiger partial charge in [0.15, 0.2) is 0 Å². The molecule has 3 N–H and O–H groups in total. The number of nitrogens with zero attached hydrogens (tertiary/aromatic N) is 2. The van der Waals surface area contributed by atoms with Gasteiger partial charge in [-0.05, 0) is 55.5 Å². The first kappa shape index (κ1) is 23.9. The molecule has 0 spiro atoms. The number of amides is 1. The fourth-order valence-electron chi connectivity index (χ4n) is 4.81. The third-order valence-electron chi connectivity index (χ3n) is 6.46. The maximum absolute atomic E-state index is 12.5. The number of nitrogens with one attached hydrogen (secondary N) is 2. The van der Waals surface area contributed by atoms with Gasteiger partial charge < -0.3 is 25.4 Å². The number of carbonyl (C=O) groups is 2. The van der Waals surface area contributed by atoms with Gasteiger partial charge >= 0.3 is 5.97 Å². The summed E-state index contributed by atoms with van der Waals surface area (Å²) in [6.45, 7) is 2.11. The van der Waals surface area contributed by atoms with Gasteiger partial charge in [0.25, 0.3) is 0 Å². The molecule has 1 aromatic carbocycles. The molecule has 1 aliphatic carbocycles. The molecule has 34 heavy (non-hydrogen) atoms. The topological polar surface area (TPSA) is 104 Å². The number of hydrogen-bond acceptors (Lipinski definition) is 6. The summed E-state index contributed by atoms with van der Waals surface area (Å²) in [5.41, 5.74) is 1.66. The lowest BCUT2D eigenvalue weighted by atomic mass is 9.88. The molecule has 2 aromatic rings. The van der Waals surface area contributed by atoms with Crippen molar-refractivity contribution >= 4 is 29.1 Å². The lowest BCUT2D eigenvalue weighted by Gasteiger charge is -2.38. The van der Waals surface area contributed by atoms with Crippen molar-refractivity contribution in [3.63, 3.8) is 0 Å². The zero-order chi connectivity index (χ0) is 23.8. The van der Waals surface area contributed by atoms with Gasteiger partial charge in [0, 0.05) is 31.4 Å². The van der Waals surface area contributed by atoms with Crippen molar-refractivity contribution in [3.05, 3.63) is 42.6 Å². The third kappa shape index (κ3) is 6.85. The number of pyridine rings is 1. The Morgan fingerprint density at radius 3 is 2.76 bits per heavy atom. The van der Waals surface area contributed by atoms with E-state index in [1.807, 2.05) is 36.4 Å². The SMILES string of the molecule is O=C(O)CC1CN(CC2CCCCC2)c2cc(NC(=O)CCCNc3ccccn3)ccc2O1. The number of hydrogen-bond donors (Lipinski definition) is 3. The van der Waals surface area contributed by atoms with E-state index in [2.05, 4.69) is 20.5 Å². The Balaban J connectivity index is 1.36. The molecule has 0 bridgehead atoms. The highest BCUT2D eigenvalue weighted by atomic mass is 16.5. The van der Waals surface area contributed by atoms with Crippen LogP contribution in [0.4, 0.5) is 17.2 Å². The predicted octanol–water partition coefficient (Wildman–Crippen LogP) is 4.53. The molecule has 182 valence electrons. The first-order valence-electron chi connectivity index (χ1n) is 12.3. The summed E-state index contributed by atoms with van der Waals surface area (Å²) in [5, 5.41) is 15.5. The number of anilines is 3. The number of rotatable bonds is 10. The van der Waals surface area contributed by atoms with Crippen LogP contribution >= 0.6 is 0 Å². The summed E-state index contributed by atoms with van der Waals surface area (Å²) in [5.74, 6) is 1.20. The molecule has 1 aliphatic heterocycles. The predicted molar refractivity (Wildman–Crippen MR) is 132 cm³/mol. The lowest BCUT2D eigenvalue weighted by Crippen LogP contribution is -2.43. The average Bonchev–Trinajstić information content (AvgIpc) is 2.83. The van der Waals surface area contributed by atoms with E-state index >= 15 is 0 Å². The van der Waals surface area contributed by atoms with Crippen molar-refractivity contribution in [1.29, 1.82) is 0 Å². The number of carbonyl (C=O) groups excluding carboxylic acids is 1. The second-order valence-electron chi connectivity index (χ2n) is 9.22. The fourth-order valence-corrected chi connectivity index (χ4v) is 4.81. The summed E-state index contributed by atoms with van der Waals surface area (Å²) >= 11 is 0. The normalized spacial score (nSPS) is 18.0. The number of carboxylic acids is 1. The zero-order valence-corrected chi connectivity index (χ0v) is 19.5. The van der Waals surface area contributed by atoms with Crippen LogP contribution in [0.15, 0.2) is 42.6 Å². The van der Waals surface area contributed by atoms with Crippen molar-refractivity contribution in [1.82, 2.24) is 4.98 Å². The fraction of sp³-hybridized carbons (Fsp3) is 0.500. The smallest absolute Gasteiger partial charge is 0.307 e. The number of aromatic nitrogens is 1. The number of aliphatic carboxylic acids is 1. The Morgan fingerprint density at radius 1 is 1.15 bits per heavy atom. The number of ether oxygens (including phenoxy) is 1. The highest BCUT2D eigenvalue weighted by molar-refractivity contribution is 5.91. The Bertz CT molecular complexity index is 963. The highest BCUT2D eigenvalue weighted by Gasteiger charge is 2.29. The number of fused-ring (bicyclic) bond motifs is 1. The summed E-state index contributed by atoms with van der Waals surface area (Å²) in [6, 6.07) is 11.3. The Labute approximate surface area is 200 Å². The van der Waals surface area contributed by atoms with Crippen molar-refractivity contribution in [2.45, 2.75) is 57.5 Å². The molecular weight excluding hydrogens is 432 g/mol. The number of benzene rings is 1. The van der Waals surface area contributed by atoms with E-state index in [0.29, 0.717) is 37.6 Å². The van der Waals surface area contributed by atoms with Crippen molar-refractivity contribution in [2.75, 3.05) is 35.2 Å². The minimum absolute atomic E-state index is 0.0222. The molecule has 2 aliphatic rings. The maximum atomic E-state index is 12.5. The summed E-state index contributed by atoms with van der Waals surface area (Å²) in [4.78, 5) is 30.3. The van der Waals surface area contributed by atoms with Crippen LogP contribution in [0.3, 0.4) is 0 Å². The summed E-state index contributed by atoms with van der Waals surface area (Å²) in [6.07, 6.45) is 8.66. The Kier molecular flexibility index (Phi) is 8.22. The second-order valence-corrected chi connectivity index (χ2v) is 9.22. The van der Waals surface area contributed by atoms with Crippen LogP contribution in [0.1, 0.15) is 51.4 Å². The standard InChI is InChI=1S/C26H34N4O4/c31-25(10-6-14-28-24-9-4-5-13-27-24)29-20-11-12-23-22(15-20)30(17-19-7-2-1-3-8-19)18-21(34-23)16-26(32)33/h4-5,9,11-13,15,19,21H,1-3,6-8,10,14,16-18H2,(H,27,28)(H,29,31)(H,32,33). The van der Waals surface area contributed by atoms with Gasteiger partial charge in [-0.2, -0.15) is 0 Å². The van der Waals surface area contributed by atoms with E-state index in [1.165, 1.54) is 32.1 Å². The van der Waals surface area contributed by atoms with Crippen LogP contribution in [0.5, 0.6) is 5.75 Å². The van der Waals surface area contributed by atoms with Crippen LogP contribution in [0.25, 0.3) is 0 Å².